The number of rotatable bonds is 4. The second-order valence-corrected chi connectivity index (χ2v) is 5.76. The van der Waals surface area contributed by atoms with E-state index in [9.17, 15) is 0 Å². The first kappa shape index (κ1) is 14.2. The summed E-state index contributed by atoms with van der Waals surface area (Å²) in [6.45, 7) is 0.882. The lowest BCUT2D eigenvalue weighted by Gasteiger charge is -2.21. The van der Waals surface area contributed by atoms with Crippen LogP contribution in [0.1, 0.15) is 5.56 Å². The third-order valence-electron chi connectivity index (χ3n) is 3.08. The van der Waals surface area contributed by atoms with Crippen molar-refractivity contribution in [3.8, 4) is 0 Å². The van der Waals surface area contributed by atoms with E-state index in [1.54, 1.807) is 0 Å². The molecular weight excluding hydrogens is 324 g/mol. The van der Waals surface area contributed by atoms with Crippen LogP contribution in [0.15, 0.2) is 46.9 Å². The van der Waals surface area contributed by atoms with Crippen LogP contribution in [0.2, 0.25) is 5.02 Å². The first-order valence-electron chi connectivity index (χ1n) is 6.07. The summed E-state index contributed by atoms with van der Waals surface area (Å²) in [6.07, 6.45) is 0.948. The van der Waals surface area contributed by atoms with Gasteiger partial charge in [-0.1, -0.05) is 45.7 Å². The Bertz CT molecular complexity index is 572. The van der Waals surface area contributed by atoms with Gasteiger partial charge >= 0.3 is 0 Å². The molecule has 0 bridgehead atoms. The van der Waals surface area contributed by atoms with E-state index in [0.29, 0.717) is 5.02 Å². The minimum Gasteiger partial charge on any atom is -0.397 e. The van der Waals surface area contributed by atoms with Crippen LogP contribution < -0.4 is 10.6 Å². The summed E-state index contributed by atoms with van der Waals surface area (Å²) in [6, 6.07) is 13.8. The molecular formula is C15H16BrClN2. The summed E-state index contributed by atoms with van der Waals surface area (Å²) in [4.78, 5) is 2.13. The van der Waals surface area contributed by atoms with Gasteiger partial charge in [0.15, 0.2) is 0 Å². The molecule has 0 radical (unpaired) electrons. The number of hydrogen-bond acceptors (Lipinski definition) is 2. The van der Waals surface area contributed by atoms with E-state index >= 15 is 0 Å². The highest BCUT2D eigenvalue weighted by Crippen LogP contribution is 2.26. The van der Waals surface area contributed by atoms with E-state index in [1.807, 2.05) is 37.4 Å². The predicted molar refractivity (Wildman–Crippen MR) is 87.0 cm³/mol. The molecule has 2 aromatic carbocycles. The Labute approximate surface area is 127 Å². The number of nitrogens with two attached hydrogens (primary N) is 1. The van der Waals surface area contributed by atoms with Crippen LogP contribution in [-0.4, -0.2) is 13.6 Å². The van der Waals surface area contributed by atoms with Gasteiger partial charge in [0.05, 0.1) is 11.4 Å². The summed E-state index contributed by atoms with van der Waals surface area (Å²) >= 11 is 9.58. The zero-order valence-electron chi connectivity index (χ0n) is 10.7. The lowest BCUT2D eigenvalue weighted by molar-refractivity contribution is 0.875. The molecule has 0 aliphatic heterocycles. The van der Waals surface area contributed by atoms with Crippen molar-refractivity contribution in [2.45, 2.75) is 6.42 Å². The molecule has 0 amide bonds. The zero-order chi connectivity index (χ0) is 13.8. The second-order valence-electron chi connectivity index (χ2n) is 4.47. The highest BCUT2D eigenvalue weighted by Gasteiger charge is 2.07. The molecule has 2 aromatic rings. The van der Waals surface area contributed by atoms with Gasteiger partial charge in [-0.3, -0.25) is 0 Å². The van der Waals surface area contributed by atoms with Crippen molar-refractivity contribution in [2.24, 2.45) is 0 Å². The molecule has 0 aromatic heterocycles. The molecule has 0 heterocycles. The summed E-state index contributed by atoms with van der Waals surface area (Å²) in [5.74, 6) is 0. The van der Waals surface area contributed by atoms with Crippen LogP contribution in [0.5, 0.6) is 0 Å². The van der Waals surface area contributed by atoms with E-state index in [4.69, 9.17) is 17.3 Å². The molecule has 0 fully saturated rings. The molecule has 0 aliphatic rings. The molecule has 2 N–H and O–H groups in total. The molecule has 100 valence electrons. The number of halogens is 2. The van der Waals surface area contributed by atoms with Gasteiger partial charge in [0, 0.05) is 23.1 Å². The van der Waals surface area contributed by atoms with Gasteiger partial charge in [0.1, 0.15) is 0 Å². The van der Waals surface area contributed by atoms with Crippen molar-refractivity contribution in [3.05, 3.63) is 57.5 Å². The Kier molecular flexibility index (Phi) is 4.72. The number of nitrogen functional groups attached to an aromatic ring is 1. The maximum atomic E-state index is 6.01. The molecule has 2 rings (SSSR count). The highest BCUT2D eigenvalue weighted by molar-refractivity contribution is 9.10. The first-order valence-corrected chi connectivity index (χ1v) is 7.24. The van der Waals surface area contributed by atoms with Gasteiger partial charge in [-0.15, -0.1) is 0 Å². The van der Waals surface area contributed by atoms with Crippen molar-refractivity contribution in [2.75, 3.05) is 24.2 Å². The topological polar surface area (TPSA) is 29.3 Å². The Balaban J connectivity index is 2.07. The van der Waals surface area contributed by atoms with Gasteiger partial charge in [-0.2, -0.15) is 0 Å². The third-order valence-corrected chi connectivity index (χ3v) is 4.09. The van der Waals surface area contributed by atoms with Gasteiger partial charge in [-0.05, 0) is 36.2 Å². The number of nitrogens with zero attached hydrogens (tertiary/aromatic N) is 1. The second kappa shape index (κ2) is 6.31. The summed E-state index contributed by atoms with van der Waals surface area (Å²) in [5, 5.41) is 0.706. The van der Waals surface area contributed by atoms with Crippen molar-refractivity contribution >= 4 is 38.9 Å². The Morgan fingerprint density at radius 2 is 1.95 bits per heavy atom. The van der Waals surface area contributed by atoms with Crippen LogP contribution in [0, 0.1) is 0 Å². The van der Waals surface area contributed by atoms with Crippen LogP contribution in [0.3, 0.4) is 0 Å². The van der Waals surface area contributed by atoms with Crippen LogP contribution in [-0.2, 0) is 6.42 Å². The standard InChI is InChI=1S/C15H16BrClN2/c1-19(15-10-12(17)6-7-14(15)18)9-8-11-4-2-3-5-13(11)16/h2-7,10H,8-9,18H2,1H3. The summed E-state index contributed by atoms with van der Waals surface area (Å²) in [5.41, 5.74) is 8.99. The van der Waals surface area contributed by atoms with E-state index in [1.165, 1.54) is 5.56 Å². The quantitative estimate of drug-likeness (QED) is 0.838. The van der Waals surface area contributed by atoms with Gasteiger partial charge in [0.25, 0.3) is 0 Å². The van der Waals surface area contributed by atoms with E-state index in [0.717, 1.165) is 28.8 Å². The summed E-state index contributed by atoms with van der Waals surface area (Å²) < 4.78 is 1.14. The van der Waals surface area contributed by atoms with Crippen molar-refractivity contribution < 1.29 is 0 Å². The average Bonchev–Trinajstić information content (AvgIpc) is 2.40. The number of likely N-dealkylation sites (N-methyl/N-ethyl adjacent to an activating group) is 1. The molecule has 0 aliphatic carbocycles. The van der Waals surface area contributed by atoms with Gasteiger partial charge in [-0.25, -0.2) is 0 Å². The van der Waals surface area contributed by atoms with Gasteiger partial charge < -0.3 is 10.6 Å². The average molecular weight is 340 g/mol. The number of anilines is 2. The largest absolute Gasteiger partial charge is 0.397 e. The number of hydrogen-bond donors (Lipinski definition) is 1. The normalized spacial score (nSPS) is 10.5. The third kappa shape index (κ3) is 3.64. The fourth-order valence-corrected chi connectivity index (χ4v) is 2.61. The molecule has 0 saturated heterocycles. The molecule has 19 heavy (non-hydrogen) atoms. The maximum absolute atomic E-state index is 6.01. The fraction of sp³-hybridized carbons (Fsp3) is 0.200. The van der Waals surface area contributed by atoms with Crippen LogP contribution in [0.4, 0.5) is 11.4 Å². The smallest absolute Gasteiger partial charge is 0.0612 e. The van der Waals surface area contributed by atoms with Crippen molar-refractivity contribution in [1.82, 2.24) is 0 Å². The van der Waals surface area contributed by atoms with Crippen molar-refractivity contribution in [1.29, 1.82) is 0 Å². The molecule has 0 spiro atoms. The zero-order valence-corrected chi connectivity index (χ0v) is 13.1. The molecule has 0 atom stereocenters. The lowest BCUT2D eigenvalue weighted by atomic mass is 10.1. The summed E-state index contributed by atoms with van der Waals surface area (Å²) in [7, 11) is 2.03. The predicted octanol–water partition coefficient (Wildman–Crippen LogP) is 4.36. The Morgan fingerprint density at radius 1 is 1.21 bits per heavy atom. The van der Waals surface area contributed by atoms with Gasteiger partial charge in [0.2, 0.25) is 0 Å². The monoisotopic (exact) mass is 338 g/mol. The molecule has 2 nitrogen and oxygen atoms in total. The molecule has 4 heteroatoms. The van der Waals surface area contributed by atoms with E-state index in [2.05, 4.69) is 33.0 Å². The number of benzene rings is 2. The molecule has 0 unspecified atom stereocenters. The Hall–Kier alpha value is -1.19. The lowest BCUT2D eigenvalue weighted by Crippen LogP contribution is -2.21. The van der Waals surface area contributed by atoms with E-state index in [-0.39, 0.29) is 0 Å². The Morgan fingerprint density at radius 3 is 2.68 bits per heavy atom. The highest BCUT2D eigenvalue weighted by atomic mass is 79.9. The first-order chi connectivity index (χ1) is 9.08. The van der Waals surface area contributed by atoms with Crippen molar-refractivity contribution in [3.63, 3.8) is 0 Å². The molecule has 0 saturated carbocycles. The minimum absolute atomic E-state index is 0.706. The maximum Gasteiger partial charge on any atom is 0.0612 e. The van der Waals surface area contributed by atoms with E-state index < -0.39 is 0 Å². The fourth-order valence-electron chi connectivity index (χ4n) is 1.96. The van der Waals surface area contributed by atoms with Crippen LogP contribution >= 0.6 is 27.5 Å². The minimum atomic E-state index is 0.706. The SMILES string of the molecule is CN(CCc1ccccc1Br)c1cc(Cl)ccc1N. The van der Waals surface area contributed by atoms with Crippen LogP contribution in [0.25, 0.3) is 0 Å².